The molecular formula is C15H30N2O. The van der Waals surface area contributed by atoms with E-state index in [1.54, 1.807) is 0 Å². The van der Waals surface area contributed by atoms with Crippen molar-refractivity contribution in [2.75, 3.05) is 40.4 Å². The van der Waals surface area contributed by atoms with Crippen LogP contribution in [-0.4, -0.2) is 51.3 Å². The van der Waals surface area contributed by atoms with Gasteiger partial charge in [-0.3, -0.25) is 0 Å². The van der Waals surface area contributed by atoms with Crippen LogP contribution < -0.4 is 5.32 Å². The number of hydrogen-bond acceptors (Lipinski definition) is 3. The summed E-state index contributed by atoms with van der Waals surface area (Å²) in [6.45, 7) is 4.42. The SMILES string of the molecule is CNC1CCCCC1CN(C)CC1CCCOC1. The average molecular weight is 254 g/mol. The predicted molar refractivity (Wildman–Crippen MR) is 75.8 cm³/mol. The summed E-state index contributed by atoms with van der Waals surface area (Å²) in [7, 11) is 4.41. The second kappa shape index (κ2) is 7.46. The highest BCUT2D eigenvalue weighted by Gasteiger charge is 2.25. The first kappa shape index (κ1) is 14.3. The molecule has 0 spiro atoms. The van der Waals surface area contributed by atoms with Gasteiger partial charge >= 0.3 is 0 Å². The standard InChI is InChI=1S/C15H30N2O/c1-16-15-8-4-3-7-14(15)11-17(2)10-13-6-5-9-18-12-13/h13-16H,3-12H2,1-2H3. The number of nitrogens with one attached hydrogen (secondary N) is 1. The van der Waals surface area contributed by atoms with Gasteiger partial charge in [0.2, 0.25) is 0 Å². The van der Waals surface area contributed by atoms with E-state index in [9.17, 15) is 0 Å². The molecule has 1 aliphatic carbocycles. The van der Waals surface area contributed by atoms with Gasteiger partial charge in [-0.15, -0.1) is 0 Å². The molecule has 18 heavy (non-hydrogen) atoms. The van der Waals surface area contributed by atoms with Crippen LogP contribution in [0, 0.1) is 11.8 Å². The molecule has 0 radical (unpaired) electrons. The van der Waals surface area contributed by atoms with E-state index in [-0.39, 0.29) is 0 Å². The van der Waals surface area contributed by atoms with Gasteiger partial charge in [-0.2, -0.15) is 0 Å². The van der Waals surface area contributed by atoms with Gasteiger partial charge in [-0.05, 0) is 51.6 Å². The van der Waals surface area contributed by atoms with Gasteiger partial charge in [0.15, 0.2) is 0 Å². The first-order chi connectivity index (χ1) is 8.79. The zero-order valence-corrected chi connectivity index (χ0v) is 12.2. The third-order valence-electron chi connectivity index (χ3n) is 4.65. The minimum atomic E-state index is 0.740. The Labute approximate surface area is 112 Å². The van der Waals surface area contributed by atoms with Gasteiger partial charge in [0.05, 0.1) is 6.61 Å². The van der Waals surface area contributed by atoms with E-state index in [0.717, 1.165) is 31.1 Å². The third kappa shape index (κ3) is 4.22. The minimum Gasteiger partial charge on any atom is -0.381 e. The highest BCUT2D eigenvalue weighted by Crippen LogP contribution is 2.25. The number of nitrogens with zero attached hydrogens (tertiary/aromatic N) is 1. The second-order valence-corrected chi connectivity index (χ2v) is 6.24. The minimum absolute atomic E-state index is 0.740. The fourth-order valence-electron chi connectivity index (χ4n) is 3.67. The Bertz CT molecular complexity index is 229. The molecular weight excluding hydrogens is 224 g/mol. The predicted octanol–water partition coefficient (Wildman–Crippen LogP) is 2.12. The van der Waals surface area contributed by atoms with Gasteiger partial charge in [-0.1, -0.05) is 12.8 Å². The van der Waals surface area contributed by atoms with E-state index in [0.29, 0.717) is 0 Å². The first-order valence-corrected chi connectivity index (χ1v) is 7.73. The lowest BCUT2D eigenvalue weighted by molar-refractivity contribution is 0.0383. The van der Waals surface area contributed by atoms with Crippen molar-refractivity contribution in [3.63, 3.8) is 0 Å². The maximum Gasteiger partial charge on any atom is 0.0506 e. The Morgan fingerprint density at radius 1 is 1.11 bits per heavy atom. The molecule has 106 valence electrons. The van der Waals surface area contributed by atoms with Crippen molar-refractivity contribution in [3.8, 4) is 0 Å². The maximum atomic E-state index is 5.58. The topological polar surface area (TPSA) is 24.5 Å². The second-order valence-electron chi connectivity index (χ2n) is 6.24. The zero-order chi connectivity index (χ0) is 12.8. The normalized spacial score (nSPS) is 33.8. The Morgan fingerprint density at radius 3 is 2.67 bits per heavy atom. The molecule has 1 N–H and O–H groups in total. The number of hydrogen-bond donors (Lipinski definition) is 1. The highest BCUT2D eigenvalue weighted by molar-refractivity contribution is 4.82. The summed E-state index contributed by atoms with van der Waals surface area (Å²) >= 11 is 0. The van der Waals surface area contributed by atoms with Crippen LogP contribution in [-0.2, 0) is 4.74 Å². The van der Waals surface area contributed by atoms with Crippen LogP contribution in [0.2, 0.25) is 0 Å². The molecule has 1 saturated heterocycles. The molecule has 0 bridgehead atoms. The summed E-state index contributed by atoms with van der Waals surface area (Å²) in [4.78, 5) is 2.54. The zero-order valence-electron chi connectivity index (χ0n) is 12.2. The van der Waals surface area contributed by atoms with Crippen molar-refractivity contribution in [2.45, 2.75) is 44.6 Å². The van der Waals surface area contributed by atoms with Crippen molar-refractivity contribution in [2.24, 2.45) is 11.8 Å². The first-order valence-electron chi connectivity index (χ1n) is 7.73. The molecule has 1 aliphatic heterocycles. The molecule has 3 unspecified atom stereocenters. The molecule has 1 heterocycles. The van der Waals surface area contributed by atoms with Crippen LogP contribution in [0.3, 0.4) is 0 Å². The molecule has 0 amide bonds. The van der Waals surface area contributed by atoms with Crippen LogP contribution in [0.15, 0.2) is 0 Å². The third-order valence-corrected chi connectivity index (χ3v) is 4.65. The Kier molecular flexibility index (Phi) is 5.93. The fourth-order valence-corrected chi connectivity index (χ4v) is 3.67. The molecule has 2 aliphatic rings. The van der Waals surface area contributed by atoms with Crippen molar-refractivity contribution >= 4 is 0 Å². The monoisotopic (exact) mass is 254 g/mol. The molecule has 1 saturated carbocycles. The van der Waals surface area contributed by atoms with E-state index in [4.69, 9.17) is 4.74 Å². The van der Waals surface area contributed by atoms with E-state index in [2.05, 4.69) is 24.3 Å². The van der Waals surface area contributed by atoms with E-state index in [1.165, 1.54) is 51.6 Å². The van der Waals surface area contributed by atoms with Crippen LogP contribution in [0.5, 0.6) is 0 Å². The van der Waals surface area contributed by atoms with Gasteiger partial charge < -0.3 is 15.0 Å². The van der Waals surface area contributed by atoms with Gasteiger partial charge in [0.1, 0.15) is 0 Å². The lowest BCUT2D eigenvalue weighted by Gasteiger charge is -2.35. The number of rotatable bonds is 5. The van der Waals surface area contributed by atoms with Crippen LogP contribution in [0.4, 0.5) is 0 Å². The summed E-state index contributed by atoms with van der Waals surface area (Å²) in [5.74, 6) is 1.61. The van der Waals surface area contributed by atoms with Crippen molar-refractivity contribution in [1.82, 2.24) is 10.2 Å². The molecule has 3 nitrogen and oxygen atoms in total. The van der Waals surface area contributed by atoms with E-state index in [1.807, 2.05) is 0 Å². The Hall–Kier alpha value is -0.120. The van der Waals surface area contributed by atoms with Crippen LogP contribution >= 0.6 is 0 Å². The molecule has 2 rings (SSSR count). The van der Waals surface area contributed by atoms with Crippen molar-refractivity contribution in [3.05, 3.63) is 0 Å². The summed E-state index contributed by atoms with van der Waals surface area (Å²) in [6.07, 6.45) is 8.19. The van der Waals surface area contributed by atoms with Gasteiger partial charge in [0, 0.05) is 25.7 Å². The maximum absolute atomic E-state index is 5.58. The van der Waals surface area contributed by atoms with Crippen molar-refractivity contribution < 1.29 is 4.74 Å². The smallest absolute Gasteiger partial charge is 0.0506 e. The summed E-state index contributed by atoms with van der Waals surface area (Å²) in [5, 5.41) is 3.51. The quantitative estimate of drug-likeness (QED) is 0.813. The van der Waals surface area contributed by atoms with E-state index >= 15 is 0 Å². The molecule has 0 aromatic rings. The molecule has 0 aromatic heterocycles. The summed E-state index contributed by atoms with van der Waals surface area (Å²) in [5.41, 5.74) is 0. The van der Waals surface area contributed by atoms with Crippen LogP contribution in [0.25, 0.3) is 0 Å². The average Bonchev–Trinajstić information content (AvgIpc) is 2.40. The Morgan fingerprint density at radius 2 is 1.94 bits per heavy atom. The van der Waals surface area contributed by atoms with Crippen molar-refractivity contribution in [1.29, 1.82) is 0 Å². The fraction of sp³-hybridized carbons (Fsp3) is 1.00. The number of ether oxygens (including phenoxy) is 1. The molecule has 2 fully saturated rings. The van der Waals surface area contributed by atoms with E-state index < -0.39 is 0 Å². The van der Waals surface area contributed by atoms with Crippen LogP contribution in [0.1, 0.15) is 38.5 Å². The molecule has 0 aromatic carbocycles. The summed E-state index contributed by atoms with van der Waals surface area (Å²) < 4.78 is 5.58. The summed E-state index contributed by atoms with van der Waals surface area (Å²) in [6, 6.07) is 0.740. The lowest BCUT2D eigenvalue weighted by Crippen LogP contribution is -2.43. The van der Waals surface area contributed by atoms with Gasteiger partial charge in [-0.25, -0.2) is 0 Å². The molecule has 3 heteroatoms. The molecule has 3 atom stereocenters. The highest BCUT2D eigenvalue weighted by atomic mass is 16.5. The largest absolute Gasteiger partial charge is 0.381 e. The lowest BCUT2D eigenvalue weighted by atomic mass is 9.84. The van der Waals surface area contributed by atoms with Gasteiger partial charge in [0.25, 0.3) is 0 Å². The Balaban J connectivity index is 1.73.